The summed E-state index contributed by atoms with van der Waals surface area (Å²) >= 11 is 5.97. The van der Waals surface area contributed by atoms with Crippen LogP contribution in [-0.4, -0.2) is 23.9 Å². The van der Waals surface area contributed by atoms with E-state index in [0.29, 0.717) is 11.6 Å². The van der Waals surface area contributed by atoms with Gasteiger partial charge < -0.3 is 10.3 Å². The van der Waals surface area contributed by atoms with Gasteiger partial charge in [-0.3, -0.25) is 4.79 Å². The minimum absolute atomic E-state index is 0.0952. The monoisotopic (exact) mass is 250 g/mol. The lowest BCUT2D eigenvalue weighted by atomic mass is 10.1. The number of aromatic amines is 1. The second-order valence-electron chi connectivity index (χ2n) is 4.02. The minimum Gasteiger partial charge on any atom is -0.358 e. The van der Waals surface area contributed by atoms with Crippen molar-refractivity contribution in [1.29, 1.82) is 0 Å². The Hall–Kier alpha value is -1.32. The average molecular weight is 251 g/mol. The summed E-state index contributed by atoms with van der Waals surface area (Å²) in [5, 5.41) is 4.59. The van der Waals surface area contributed by atoms with Crippen molar-refractivity contribution in [2.24, 2.45) is 0 Å². The first-order valence-corrected chi connectivity index (χ1v) is 6.03. The lowest BCUT2D eigenvalue weighted by molar-refractivity contribution is 0.0993. The highest BCUT2D eigenvalue weighted by Crippen LogP contribution is 2.25. The van der Waals surface area contributed by atoms with Crippen LogP contribution in [0.3, 0.4) is 0 Å². The molecule has 3 nitrogen and oxygen atoms in total. The number of likely N-dealkylation sites (N-methyl/N-ethyl adjacent to an activating group) is 1. The van der Waals surface area contributed by atoms with Crippen LogP contribution in [0.1, 0.15) is 23.0 Å². The SMILES string of the molecule is CCNCC(=O)c1c(C)[nH]c2ccc(Cl)cc12. The van der Waals surface area contributed by atoms with E-state index in [4.69, 9.17) is 11.6 Å². The number of aryl methyl sites for hydroxylation is 1. The summed E-state index contributed by atoms with van der Waals surface area (Å²) in [5.74, 6) is 0.0952. The van der Waals surface area contributed by atoms with E-state index in [1.807, 2.05) is 32.0 Å². The van der Waals surface area contributed by atoms with E-state index in [-0.39, 0.29) is 5.78 Å². The molecular formula is C13H15ClN2O. The van der Waals surface area contributed by atoms with Gasteiger partial charge in [-0.2, -0.15) is 0 Å². The van der Waals surface area contributed by atoms with Crippen molar-refractivity contribution in [3.05, 3.63) is 34.5 Å². The number of rotatable bonds is 4. The molecule has 2 N–H and O–H groups in total. The summed E-state index contributed by atoms with van der Waals surface area (Å²) in [4.78, 5) is 15.3. The molecule has 1 aromatic heterocycles. The number of benzene rings is 1. The predicted molar refractivity (Wildman–Crippen MR) is 70.9 cm³/mol. The van der Waals surface area contributed by atoms with Gasteiger partial charge >= 0.3 is 0 Å². The molecule has 17 heavy (non-hydrogen) atoms. The highest BCUT2D eigenvalue weighted by atomic mass is 35.5. The first-order chi connectivity index (χ1) is 8.13. The number of hydrogen-bond acceptors (Lipinski definition) is 2. The zero-order chi connectivity index (χ0) is 12.4. The van der Waals surface area contributed by atoms with Crippen LogP contribution < -0.4 is 5.32 Å². The standard InChI is InChI=1S/C13H15ClN2O/c1-3-15-7-12(17)13-8(2)16-11-5-4-9(14)6-10(11)13/h4-6,15-16H,3,7H2,1-2H3. The van der Waals surface area contributed by atoms with Crippen LogP contribution in [0.25, 0.3) is 10.9 Å². The molecule has 4 heteroatoms. The quantitative estimate of drug-likeness (QED) is 0.820. The molecule has 0 amide bonds. The number of hydrogen-bond donors (Lipinski definition) is 2. The van der Waals surface area contributed by atoms with E-state index in [9.17, 15) is 4.79 Å². The largest absolute Gasteiger partial charge is 0.358 e. The molecule has 2 aromatic rings. The van der Waals surface area contributed by atoms with Crippen molar-refractivity contribution in [2.45, 2.75) is 13.8 Å². The van der Waals surface area contributed by atoms with Gasteiger partial charge in [-0.25, -0.2) is 0 Å². The van der Waals surface area contributed by atoms with Crippen LogP contribution in [0.4, 0.5) is 0 Å². The summed E-state index contributed by atoms with van der Waals surface area (Å²) in [6.07, 6.45) is 0. The van der Waals surface area contributed by atoms with Gasteiger partial charge in [-0.1, -0.05) is 18.5 Å². The molecule has 90 valence electrons. The highest BCUT2D eigenvalue weighted by Gasteiger charge is 2.15. The molecule has 0 aliphatic carbocycles. The first kappa shape index (κ1) is 12.1. The number of H-pyrrole nitrogens is 1. The number of Topliss-reactive ketones (excluding diaryl/α,β-unsaturated/α-hetero) is 1. The van der Waals surface area contributed by atoms with Crippen LogP contribution in [-0.2, 0) is 0 Å². The number of halogens is 1. The molecule has 0 saturated carbocycles. The third-order valence-corrected chi connectivity index (χ3v) is 3.00. The summed E-state index contributed by atoms with van der Waals surface area (Å²) in [6, 6.07) is 5.55. The Morgan fingerprint density at radius 3 is 2.94 bits per heavy atom. The maximum atomic E-state index is 12.1. The summed E-state index contributed by atoms with van der Waals surface area (Å²) in [6.45, 7) is 5.03. The fourth-order valence-corrected chi connectivity index (χ4v) is 2.16. The molecule has 0 aliphatic heterocycles. The van der Waals surface area contributed by atoms with Gasteiger partial charge in [0.25, 0.3) is 0 Å². The van der Waals surface area contributed by atoms with Crippen molar-refractivity contribution < 1.29 is 4.79 Å². The number of carbonyl (C=O) groups excluding carboxylic acids is 1. The van der Waals surface area contributed by atoms with Gasteiger partial charge in [-0.05, 0) is 31.7 Å². The topological polar surface area (TPSA) is 44.9 Å². The molecular weight excluding hydrogens is 236 g/mol. The molecule has 0 atom stereocenters. The Kier molecular flexibility index (Phi) is 3.50. The molecule has 1 aromatic carbocycles. The van der Waals surface area contributed by atoms with E-state index in [1.54, 1.807) is 0 Å². The number of nitrogens with one attached hydrogen (secondary N) is 2. The van der Waals surface area contributed by atoms with Gasteiger partial charge in [0.05, 0.1) is 6.54 Å². The molecule has 0 radical (unpaired) electrons. The molecule has 0 bridgehead atoms. The van der Waals surface area contributed by atoms with E-state index in [0.717, 1.165) is 28.7 Å². The molecule has 0 aliphatic rings. The Bertz CT molecular complexity index is 560. The maximum Gasteiger partial charge on any atom is 0.179 e. The van der Waals surface area contributed by atoms with E-state index in [1.165, 1.54) is 0 Å². The van der Waals surface area contributed by atoms with E-state index < -0.39 is 0 Å². The molecule has 2 rings (SSSR count). The molecule has 0 unspecified atom stereocenters. The van der Waals surface area contributed by atoms with Crippen LogP contribution in [0.15, 0.2) is 18.2 Å². The fourth-order valence-electron chi connectivity index (χ4n) is 1.99. The molecule has 0 saturated heterocycles. The van der Waals surface area contributed by atoms with Crippen LogP contribution in [0, 0.1) is 6.92 Å². The van der Waals surface area contributed by atoms with E-state index in [2.05, 4.69) is 10.3 Å². The normalized spacial score (nSPS) is 11.0. The molecule has 1 heterocycles. The van der Waals surface area contributed by atoms with E-state index >= 15 is 0 Å². The summed E-state index contributed by atoms with van der Waals surface area (Å²) < 4.78 is 0. The number of carbonyl (C=O) groups is 1. The van der Waals surface area contributed by atoms with Crippen molar-refractivity contribution >= 4 is 28.3 Å². The third-order valence-electron chi connectivity index (χ3n) is 2.76. The van der Waals surface area contributed by atoms with Gasteiger partial charge in [-0.15, -0.1) is 0 Å². The Labute approximate surface area is 105 Å². The Morgan fingerprint density at radius 1 is 1.47 bits per heavy atom. The lowest BCUT2D eigenvalue weighted by Crippen LogP contribution is -2.22. The summed E-state index contributed by atoms with van der Waals surface area (Å²) in [5.41, 5.74) is 2.58. The van der Waals surface area contributed by atoms with Crippen LogP contribution in [0.2, 0.25) is 5.02 Å². The van der Waals surface area contributed by atoms with Gasteiger partial charge in [0.1, 0.15) is 0 Å². The number of fused-ring (bicyclic) bond motifs is 1. The second kappa shape index (κ2) is 4.90. The maximum absolute atomic E-state index is 12.1. The predicted octanol–water partition coefficient (Wildman–Crippen LogP) is 2.92. The molecule has 0 fully saturated rings. The lowest BCUT2D eigenvalue weighted by Gasteiger charge is -2.02. The first-order valence-electron chi connectivity index (χ1n) is 5.65. The van der Waals surface area contributed by atoms with Crippen LogP contribution in [0.5, 0.6) is 0 Å². The second-order valence-corrected chi connectivity index (χ2v) is 4.45. The Morgan fingerprint density at radius 2 is 2.24 bits per heavy atom. The van der Waals surface area contributed by atoms with Gasteiger partial charge in [0.2, 0.25) is 0 Å². The zero-order valence-electron chi connectivity index (χ0n) is 9.93. The van der Waals surface area contributed by atoms with Crippen molar-refractivity contribution in [1.82, 2.24) is 10.3 Å². The van der Waals surface area contributed by atoms with Crippen molar-refractivity contribution in [3.8, 4) is 0 Å². The minimum atomic E-state index is 0.0952. The number of aromatic nitrogens is 1. The van der Waals surface area contributed by atoms with Crippen molar-refractivity contribution in [3.63, 3.8) is 0 Å². The summed E-state index contributed by atoms with van der Waals surface area (Å²) in [7, 11) is 0. The van der Waals surface area contributed by atoms with Crippen molar-refractivity contribution in [2.75, 3.05) is 13.1 Å². The highest BCUT2D eigenvalue weighted by molar-refractivity contribution is 6.31. The average Bonchev–Trinajstić information content (AvgIpc) is 2.61. The fraction of sp³-hybridized carbons (Fsp3) is 0.308. The van der Waals surface area contributed by atoms with Gasteiger partial charge in [0.15, 0.2) is 5.78 Å². The van der Waals surface area contributed by atoms with Crippen LogP contribution >= 0.6 is 11.6 Å². The third kappa shape index (κ3) is 2.35. The zero-order valence-corrected chi connectivity index (χ0v) is 10.7. The molecule has 0 spiro atoms. The Balaban J connectivity index is 2.48. The van der Waals surface area contributed by atoms with Gasteiger partial charge in [0, 0.05) is 27.2 Å². The number of ketones is 1. The smallest absolute Gasteiger partial charge is 0.179 e.